The van der Waals surface area contributed by atoms with E-state index in [1.54, 1.807) is 18.2 Å². The average molecular weight is 397 g/mol. The molecule has 6 heteroatoms. The Kier molecular flexibility index (Phi) is 5.22. The van der Waals surface area contributed by atoms with Crippen LogP contribution in [-0.2, 0) is 4.79 Å². The highest BCUT2D eigenvalue weighted by Crippen LogP contribution is 2.27. The summed E-state index contributed by atoms with van der Waals surface area (Å²) in [6, 6.07) is 23.4. The van der Waals surface area contributed by atoms with Crippen molar-refractivity contribution < 1.29 is 9.72 Å². The Labute approximate surface area is 173 Å². The maximum atomic E-state index is 13.2. The summed E-state index contributed by atoms with van der Waals surface area (Å²) in [5.41, 5.74) is 4.87. The number of hydrazone groups is 1. The highest BCUT2D eigenvalue weighted by atomic mass is 16.6. The molecule has 3 aromatic carbocycles. The van der Waals surface area contributed by atoms with Crippen LogP contribution in [0.15, 0.2) is 89.5 Å². The molecule has 0 fully saturated rings. The summed E-state index contributed by atoms with van der Waals surface area (Å²) >= 11 is 0. The summed E-state index contributed by atoms with van der Waals surface area (Å²) in [6.45, 7) is 2.02. The average Bonchev–Trinajstić information content (AvgIpc) is 2.77. The number of non-ortho nitro benzene ring substituents is 1. The third-order valence-electron chi connectivity index (χ3n) is 4.88. The van der Waals surface area contributed by atoms with Gasteiger partial charge in [-0.05, 0) is 48.4 Å². The molecule has 0 N–H and O–H groups in total. The van der Waals surface area contributed by atoms with Gasteiger partial charge in [-0.1, -0.05) is 48.0 Å². The molecule has 30 heavy (non-hydrogen) atoms. The summed E-state index contributed by atoms with van der Waals surface area (Å²) in [5, 5.41) is 16.9. The summed E-state index contributed by atoms with van der Waals surface area (Å²) < 4.78 is 0. The lowest BCUT2D eigenvalue weighted by molar-refractivity contribution is -0.384. The minimum atomic E-state index is -0.442. The Balaban J connectivity index is 1.75. The second kappa shape index (κ2) is 8.13. The molecule has 3 aromatic rings. The van der Waals surface area contributed by atoms with E-state index in [0.717, 1.165) is 22.4 Å². The van der Waals surface area contributed by atoms with Crippen molar-refractivity contribution in [1.82, 2.24) is 0 Å². The lowest BCUT2D eigenvalue weighted by Gasteiger charge is -2.26. The number of anilines is 1. The van der Waals surface area contributed by atoms with Crippen molar-refractivity contribution in [3.63, 3.8) is 0 Å². The predicted molar refractivity (Wildman–Crippen MR) is 117 cm³/mol. The van der Waals surface area contributed by atoms with E-state index in [4.69, 9.17) is 0 Å². The summed E-state index contributed by atoms with van der Waals surface area (Å²) in [5.74, 6) is -0.213. The van der Waals surface area contributed by atoms with E-state index in [-0.39, 0.29) is 11.6 Å². The molecular weight excluding hydrogens is 378 g/mol. The molecule has 1 amide bonds. The highest BCUT2D eigenvalue weighted by molar-refractivity contribution is 6.18. The van der Waals surface area contributed by atoms with Crippen LogP contribution in [0.2, 0.25) is 0 Å². The van der Waals surface area contributed by atoms with E-state index in [0.29, 0.717) is 17.7 Å². The largest absolute Gasteiger partial charge is 0.275 e. The number of nitrogens with zero attached hydrogens (tertiary/aromatic N) is 3. The first-order valence-corrected chi connectivity index (χ1v) is 9.50. The lowest BCUT2D eigenvalue weighted by Crippen LogP contribution is -2.33. The molecule has 1 heterocycles. The zero-order valence-electron chi connectivity index (χ0n) is 16.4. The summed E-state index contributed by atoms with van der Waals surface area (Å²) in [6.07, 6.45) is 2.15. The number of para-hydroxylation sites is 1. The third-order valence-corrected chi connectivity index (χ3v) is 4.88. The van der Waals surface area contributed by atoms with Crippen LogP contribution in [-0.4, -0.2) is 16.5 Å². The Morgan fingerprint density at radius 2 is 1.63 bits per heavy atom. The zero-order valence-corrected chi connectivity index (χ0v) is 16.4. The van der Waals surface area contributed by atoms with Gasteiger partial charge in [0.25, 0.3) is 11.6 Å². The number of aryl methyl sites for hydroxylation is 1. The molecule has 0 atom stereocenters. The van der Waals surface area contributed by atoms with Crippen molar-refractivity contribution in [2.75, 3.05) is 5.01 Å². The van der Waals surface area contributed by atoms with Crippen LogP contribution >= 0.6 is 0 Å². The number of hydrogen-bond donors (Lipinski definition) is 0. The number of benzene rings is 3. The first-order valence-electron chi connectivity index (χ1n) is 9.50. The lowest BCUT2D eigenvalue weighted by atomic mass is 9.97. The quantitative estimate of drug-likeness (QED) is 0.348. The molecule has 6 nitrogen and oxygen atoms in total. The van der Waals surface area contributed by atoms with Crippen LogP contribution in [0.1, 0.15) is 23.1 Å². The monoisotopic (exact) mass is 397 g/mol. The van der Waals surface area contributed by atoms with Crippen molar-refractivity contribution >= 4 is 29.1 Å². The number of carbonyl (C=O) groups is 1. The predicted octanol–water partition coefficient (Wildman–Crippen LogP) is 5.13. The van der Waals surface area contributed by atoms with Gasteiger partial charge in [0.1, 0.15) is 0 Å². The number of rotatable bonds is 4. The Morgan fingerprint density at radius 3 is 2.27 bits per heavy atom. The van der Waals surface area contributed by atoms with Crippen LogP contribution in [0.25, 0.3) is 6.08 Å². The Hall–Kier alpha value is -4.06. The molecule has 0 bridgehead atoms. The normalized spacial score (nSPS) is 15.2. The Bertz CT molecular complexity index is 1150. The van der Waals surface area contributed by atoms with E-state index in [1.165, 1.54) is 17.1 Å². The van der Waals surface area contributed by atoms with Crippen LogP contribution in [0.4, 0.5) is 11.4 Å². The van der Waals surface area contributed by atoms with Crippen LogP contribution in [0, 0.1) is 17.0 Å². The summed E-state index contributed by atoms with van der Waals surface area (Å²) in [7, 11) is 0. The molecule has 148 valence electrons. The molecule has 0 unspecified atom stereocenters. The van der Waals surface area contributed by atoms with Crippen LogP contribution in [0.5, 0.6) is 0 Å². The van der Waals surface area contributed by atoms with Crippen molar-refractivity contribution in [2.45, 2.75) is 13.3 Å². The van der Waals surface area contributed by atoms with Gasteiger partial charge in [0.05, 0.1) is 16.3 Å². The van der Waals surface area contributed by atoms with E-state index in [9.17, 15) is 14.9 Å². The molecule has 0 radical (unpaired) electrons. The fourth-order valence-electron chi connectivity index (χ4n) is 3.25. The molecule has 0 saturated carbocycles. The van der Waals surface area contributed by atoms with E-state index < -0.39 is 4.92 Å². The first kappa shape index (κ1) is 19.3. The topological polar surface area (TPSA) is 75.8 Å². The van der Waals surface area contributed by atoms with Crippen molar-refractivity contribution in [2.24, 2.45) is 5.10 Å². The van der Waals surface area contributed by atoms with Gasteiger partial charge in [-0.3, -0.25) is 14.9 Å². The van der Waals surface area contributed by atoms with E-state index >= 15 is 0 Å². The minimum Gasteiger partial charge on any atom is -0.267 e. The fourth-order valence-corrected chi connectivity index (χ4v) is 3.25. The highest BCUT2D eigenvalue weighted by Gasteiger charge is 2.27. The van der Waals surface area contributed by atoms with Gasteiger partial charge >= 0.3 is 0 Å². The van der Waals surface area contributed by atoms with Crippen LogP contribution < -0.4 is 5.01 Å². The standard InChI is InChI=1S/C24H19N3O3/c1-17-7-11-19(12-8-17)23-16-20(15-18-9-13-22(14-10-18)27(29)30)24(28)26(25-23)21-5-3-2-4-6-21/h2-15H,16H2,1H3. The number of nitro benzene ring substituents is 1. The van der Waals surface area contributed by atoms with E-state index in [2.05, 4.69) is 5.10 Å². The number of carbonyl (C=O) groups excluding carboxylic acids is 1. The number of hydrogen-bond acceptors (Lipinski definition) is 4. The minimum absolute atomic E-state index is 0.0138. The van der Waals surface area contributed by atoms with Gasteiger partial charge in [0, 0.05) is 24.1 Å². The van der Waals surface area contributed by atoms with Crippen molar-refractivity contribution in [3.05, 3.63) is 111 Å². The number of amides is 1. The maximum absolute atomic E-state index is 13.2. The molecule has 0 spiro atoms. The molecule has 0 aromatic heterocycles. The molecule has 1 aliphatic heterocycles. The smallest absolute Gasteiger partial charge is 0.267 e. The molecule has 0 saturated heterocycles. The Morgan fingerprint density at radius 1 is 0.967 bits per heavy atom. The number of nitro groups is 1. The fraction of sp³-hybridized carbons (Fsp3) is 0.0833. The third kappa shape index (κ3) is 4.03. The maximum Gasteiger partial charge on any atom is 0.275 e. The molecule has 1 aliphatic rings. The molecule has 0 aliphatic carbocycles. The molecular formula is C24H19N3O3. The summed E-state index contributed by atoms with van der Waals surface area (Å²) in [4.78, 5) is 23.6. The zero-order chi connectivity index (χ0) is 21.1. The van der Waals surface area contributed by atoms with E-state index in [1.807, 2.05) is 61.5 Å². The van der Waals surface area contributed by atoms with Crippen molar-refractivity contribution in [1.29, 1.82) is 0 Å². The second-order valence-corrected chi connectivity index (χ2v) is 7.06. The second-order valence-electron chi connectivity index (χ2n) is 7.06. The van der Waals surface area contributed by atoms with Crippen molar-refractivity contribution in [3.8, 4) is 0 Å². The van der Waals surface area contributed by atoms with Gasteiger partial charge in [-0.25, -0.2) is 0 Å². The van der Waals surface area contributed by atoms with Gasteiger partial charge in [0.2, 0.25) is 0 Å². The van der Waals surface area contributed by atoms with Gasteiger partial charge in [-0.2, -0.15) is 10.1 Å². The molecule has 4 rings (SSSR count). The van der Waals surface area contributed by atoms with Gasteiger partial charge in [-0.15, -0.1) is 0 Å². The van der Waals surface area contributed by atoms with Gasteiger partial charge in [0.15, 0.2) is 0 Å². The van der Waals surface area contributed by atoms with Crippen LogP contribution in [0.3, 0.4) is 0 Å². The SMILES string of the molecule is Cc1ccc(C2=NN(c3ccccc3)C(=O)C(=Cc3ccc([N+](=O)[O-])cc3)C2)cc1. The first-order chi connectivity index (χ1) is 14.5. The van der Waals surface area contributed by atoms with Gasteiger partial charge < -0.3 is 0 Å².